The normalized spacial score (nSPS) is 28.6. The molecular weight excluding hydrogens is 422 g/mol. The third-order valence-electron chi connectivity index (χ3n) is 8.73. The van der Waals surface area contributed by atoms with Crippen molar-refractivity contribution in [3.63, 3.8) is 0 Å². The molecule has 2 fully saturated rings. The predicted octanol–water partition coefficient (Wildman–Crippen LogP) is 4.54. The average molecular weight is 464 g/mol. The molecule has 34 heavy (non-hydrogen) atoms. The first-order chi connectivity index (χ1) is 16.1. The number of aromatic nitrogens is 1. The molecule has 5 nitrogen and oxygen atoms in total. The summed E-state index contributed by atoms with van der Waals surface area (Å²) in [6.07, 6.45) is 4.80. The fourth-order valence-electron chi connectivity index (χ4n) is 6.23. The summed E-state index contributed by atoms with van der Waals surface area (Å²) < 4.78 is 0. The van der Waals surface area contributed by atoms with Crippen LogP contribution >= 0.6 is 0 Å². The average Bonchev–Trinajstić information content (AvgIpc) is 3.14. The molecule has 0 spiro atoms. The number of rotatable bonds is 4. The summed E-state index contributed by atoms with van der Waals surface area (Å²) in [5, 5.41) is 23.6. The minimum absolute atomic E-state index is 0.0197. The summed E-state index contributed by atoms with van der Waals surface area (Å²) in [7, 11) is 0. The van der Waals surface area contributed by atoms with Gasteiger partial charge in [0.1, 0.15) is 5.82 Å². The summed E-state index contributed by atoms with van der Waals surface area (Å²) in [4.78, 5) is 7.46. The van der Waals surface area contributed by atoms with Gasteiger partial charge in [0.2, 0.25) is 0 Å². The highest BCUT2D eigenvalue weighted by molar-refractivity contribution is 5.65. The number of anilines is 1. The number of hydrogen-bond acceptors (Lipinski definition) is 5. The summed E-state index contributed by atoms with van der Waals surface area (Å²) in [5.74, 6) is 1.05. The van der Waals surface area contributed by atoms with Crippen LogP contribution in [0.2, 0.25) is 0 Å². The zero-order valence-electron chi connectivity index (χ0n) is 21.2. The highest BCUT2D eigenvalue weighted by Crippen LogP contribution is 2.46. The molecular formula is C29H41N3O2. The van der Waals surface area contributed by atoms with Crippen LogP contribution in [0.15, 0.2) is 36.4 Å². The van der Waals surface area contributed by atoms with E-state index in [1.54, 1.807) is 0 Å². The van der Waals surface area contributed by atoms with Crippen LogP contribution in [-0.2, 0) is 10.8 Å². The van der Waals surface area contributed by atoms with Gasteiger partial charge in [0.05, 0.1) is 17.9 Å². The second-order valence-electron chi connectivity index (χ2n) is 12.1. The fourth-order valence-corrected chi connectivity index (χ4v) is 6.23. The maximum Gasteiger partial charge on any atom is 0.129 e. The second-order valence-corrected chi connectivity index (χ2v) is 12.1. The Morgan fingerprint density at radius 3 is 2.26 bits per heavy atom. The topological polar surface area (TPSA) is 68.6 Å². The van der Waals surface area contributed by atoms with Gasteiger partial charge in [-0.2, -0.15) is 0 Å². The third-order valence-corrected chi connectivity index (χ3v) is 8.73. The van der Waals surface area contributed by atoms with E-state index in [1.165, 1.54) is 29.5 Å². The largest absolute Gasteiger partial charge is 0.390 e. The van der Waals surface area contributed by atoms with E-state index in [0.29, 0.717) is 12.5 Å². The summed E-state index contributed by atoms with van der Waals surface area (Å²) in [5.41, 5.74) is 5.62. The first-order valence-corrected chi connectivity index (χ1v) is 13.1. The molecule has 184 valence electrons. The third kappa shape index (κ3) is 4.50. The Morgan fingerprint density at radius 1 is 0.882 bits per heavy atom. The van der Waals surface area contributed by atoms with Crippen molar-refractivity contribution in [3.05, 3.63) is 47.5 Å². The summed E-state index contributed by atoms with van der Waals surface area (Å²) >= 11 is 0. The van der Waals surface area contributed by atoms with Gasteiger partial charge in [-0.15, -0.1) is 0 Å². The van der Waals surface area contributed by atoms with E-state index in [4.69, 9.17) is 4.98 Å². The van der Waals surface area contributed by atoms with Gasteiger partial charge in [0, 0.05) is 30.7 Å². The molecule has 1 saturated carbocycles. The molecule has 3 N–H and O–H groups in total. The Hall–Kier alpha value is -1.95. The summed E-state index contributed by atoms with van der Waals surface area (Å²) in [6, 6.07) is 13.8. The van der Waals surface area contributed by atoms with Gasteiger partial charge < -0.3 is 20.4 Å². The Morgan fingerprint density at radius 2 is 1.59 bits per heavy atom. The molecule has 1 aromatic carbocycles. The molecule has 3 atom stereocenters. The number of benzene rings is 1. The minimum atomic E-state index is -0.636. The lowest BCUT2D eigenvalue weighted by Gasteiger charge is -2.42. The lowest BCUT2D eigenvalue weighted by molar-refractivity contribution is 0.0276. The number of hydrogen-bond donors (Lipinski definition) is 3. The lowest BCUT2D eigenvalue weighted by atomic mass is 9.63. The van der Waals surface area contributed by atoms with Crippen LogP contribution in [0.1, 0.15) is 77.3 Å². The van der Waals surface area contributed by atoms with E-state index < -0.39 is 12.2 Å². The quantitative estimate of drug-likeness (QED) is 0.621. The van der Waals surface area contributed by atoms with Gasteiger partial charge in [0.15, 0.2) is 0 Å². The highest BCUT2D eigenvalue weighted by Gasteiger charge is 2.37. The Bertz CT molecular complexity index is 1030. The SMILES string of the molecule is CC1(C)CCC(C)(C)c2cc(-c3cccc(N4CCC(N[C@@H]5CC[C@H](O)[C@@H]5O)CC4)n3)ccc21. The van der Waals surface area contributed by atoms with Crippen molar-refractivity contribution in [3.8, 4) is 11.3 Å². The molecule has 3 aliphatic rings. The van der Waals surface area contributed by atoms with Gasteiger partial charge in [-0.3, -0.25) is 0 Å². The molecule has 0 bridgehead atoms. The molecule has 2 aliphatic carbocycles. The van der Waals surface area contributed by atoms with Crippen LogP contribution < -0.4 is 10.2 Å². The number of piperidine rings is 1. The molecule has 0 radical (unpaired) electrons. The molecule has 2 heterocycles. The van der Waals surface area contributed by atoms with Crippen molar-refractivity contribution >= 4 is 5.82 Å². The van der Waals surface area contributed by atoms with Gasteiger partial charge in [-0.05, 0) is 78.7 Å². The minimum Gasteiger partial charge on any atom is -0.390 e. The van der Waals surface area contributed by atoms with Crippen LogP contribution in [0, 0.1) is 0 Å². The van der Waals surface area contributed by atoms with Crippen LogP contribution in [-0.4, -0.2) is 52.6 Å². The van der Waals surface area contributed by atoms with Gasteiger partial charge in [-0.1, -0.05) is 45.9 Å². The fraction of sp³-hybridized carbons (Fsp3) is 0.621. The summed E-state index contributed by atoms with van der Waals surface area (Å²) in [6.45, 7) is 11.4. The number of nitrogens with one attached hydrogen (secondary N) is 1. The van der Waals surface area contributed by atoms with Crippen molar-refractivity contribution < 1.29 is 10.2 Å². The van der Waals surface area contributed by atoms with Gasteiger partial charge >= 0.3 is 0 Å². The Kier molecular flexibility index (Phi) is 6.24. The van der Waals surface area contributed by atoms with Crippen LogP contribution in [0.3, 0.4) is 0 Å². The van der Waals surface area contributed by atoms with E-state index in [9.17, 15) is 10.2 Å². The zero-order valence-corrected chi connectivity index (χ0v) is 21.2. The maximum atomic E-state index is 10.2. The molecule has 0 unspecified atom stereocenters. The van der Waals surface area contributed by atoms with Gasteiger partial charge in [-0.25, -0.2) is 4.98 Å². The molecule has 5 heteroatoms. The molecule has 2 aromatic rings. The first kappa shape index (κ1) is 23.8. The number of pyridine rings is 1. The van der Waals surface area contributed by atoms with Crippen LogP contribution in [0.4, 0.5) is 5.82 Å². The molecule has 5 rings (SSSR count). The lowest BCUT2D eigenvalue weighted by Crippen LogP contribution is -2.49. The van der Waals surface area contributed by atoms with E-state index >= 15 is 0 Å². The second kappa shape index (κ2) is 8.92. The van der Waals surface area contributed by atoms with Crippen molar-refractivity contribution in [1.82, 2.24) is 10.3 Å². The molecule has 0 amide bonds. The van der Waals surface area contributed by atoms with Gasteiger partial charge in [0.25, 0.3) is 0 Å². The number of aliphatic hydroxyl groups is 2. The molecule has 1 saturated heterocycles. The number of aliphatic hydroxyl groups excluding tert-OH is 2. The van der Waals surface area contributed by atoms with E-state index in [1.807, 2.05) is 0 Å². The Balaban J connectivity index is 1.30. The number of fused-ring (bicyclic) bond motifs is 1. The van der Waals surface area contributed by atoms with E-state index in [0.717, 1.165) is 43.9 Å². The van der Waals surface area contributed by atoms with Crippen molar-refractivity contribution in [2.75, 3.05) is 18.0 Å². The zero-order chi connectivity index (χ0) is 24.1. The molecule has 1 aromatic heterocycles. The monoisotopic (exact) mass is 463 g/mol. The highest BCUT2D eigenvalue weighted by atomic mass is 16.3. The van der Waals surface area contributed by atoms with E-state index in [-0.39, 0.29) is 16.9 Å². The van der Waals surface area contributed by atoms with Crippen molar-refractivity contribution in [2.45, 2.75) is 101 Å². The smallest absolute Gasteiger partial charge is 0.129 e. The first-order valence-electron chi connectivity index (χ1n) is 13.1. The molecule has 1 aliphatic heterocycles. The number of nitrogens with zero attached hydrogens (tertiary/aromatic N) is 2. The van der Waals surface area contributed by atoms with Crippen LogP contribution in [0.25, 0.3) is 11.3 Å². The standard InChI is InChI=1S/C29H41N3O2/c1-28(2)14-15-29(3,4)22-18-19(8-9-21(22)28)23-6-5-7-26(31-23)32-16-12-20(13-17-32)30-24-10-11-25(33)27(24)34/h5-9,18,20,24-25,27,30,33-34H,10-17H2,1-4H3/t24-,25+,27-/m1/s1. The van der Waals surface area contributed by atoms with Crippen LogP contribution in [0.5, 0.6) is 0 Å². The van der Waals surface area contributed by atoms with E-state index in [2.05, 4.69) is 74.3 Å². The Labute approximate surface area is 204 Å². The maximum absolute atomic E-state index is 10.2. The predicted molar refractivity (Wildman–Crippen MR) is 138 cm³/mol. The van der Waals surface area contributed by atoms with Crippen molar-refractivity contribution in [1.29, 1.82) is 0 Å². The van der Waals surface area contributed by atoms with Crippen molar-refractivity contribution in [2.24, 2.45) is 0 Å².